The fourth-order valence-electron chi connectivity index (χ4n) is 2.74. The summed E-state index contributed by atoms with van der Waals surface area (Å²) in [6, 6.07) is 0. The third-order valence-corrected chi connectivity index (χ3v) is 4.07. The Labute approximate surface area is 128 Å². The van der Waals surface area contributed by atoms with Crippen molar-refractivity contribution in [2.45, 2.75) is 71.5 Å². The summed E-state index contributed by atoms with van der Waals surface area (Å²) in [6.07, 6.45) is 0.814. The monoisotopic (exact) mass is 292 g/mol. The fraction of sp³-hybridized carbons (Fsp3) is 0.765. The summed E-state index contributed by atoms with van der Waals surface area (Å²) in [5, 5.41) is 0. The van der Waals surface area contributed by atoms with Crippen molar-refractivity contribution in [2.24, 2.45) is 0 Å². The fourth-order valence-corrected chi connectivity index (χ4v) is 2.74. The first-order valence-corrected chi connectivity index (χ1v) is 7.73. The molecule has 0 bridgehead atoms. The van der Waals surface area contributed by atoms with Gasteiger partial charge in [0, 0.05) is 37.0 Å². The van der Waals surface area contributed by atoms with Gasteiger partial charge in [0.1, 0.15) is 11.4 Å². The SMILES string of the molecule is COCCC1(C)OCc2c(C(C)(C)C)nc(C(C)C)nc21. The third kappa shape index (κ3) is 3.11. The van der Waals surface area contributed by atoms with Gasteiger partial charge in [-0.1, -0.05) is 34.6 Å². The highest BCUT2D eigenvalue weighted by Gasteiger charge is 2.41. The summed E-state index contributed by atoms with van der Waals surface area (Å²) in [5.41, 5.74) is 2.98. The molecule has 118 valence electrons. The van der Waals surface area contributed by atoms with Crippen molar-refractivity contribution < 1.29 is 9.47 Å². The van der Waals surface area contributed by atoms with Gasteiger partial charge in [0.2, 0.25) is 0 Å². The molecule has 0 saturated carbocycles. The molecule has 2 heterocycles. The van der Waals surface area contributed by atoms with Crippen LogP contribution in [0.2, 0.25) is 0 Å². The molecule has 0 N–H and O–H groups in total. The largest absolute Gasteiger partial charge is 0.385 e. The molecule has 0 radical (unpaired) electrons. The predicted octanol–water partition coefficient (Wildman–Crippen LogP) is 3.68. The Morgan fingerprint density at radius 3 is 2.48 bits per heavy atom. The van der Waals surface area contributed by atoms with Crippen molar-refractivity contribution in [1.82, 2.24) is 9.97 Å². The lowest BCUT2D eigenvalue weighted by Gasteiger charge is -2.26. The molecular weight excluding hydrogens is 264 g/mol. The van der Waals surface area contributed by atoms with E-state index in [1.54, 1.807) is 7.11 Å². The highest BCUT2D eigenvalue weighted by Crippen LogP contribution is 2.41. The number of rotatable bonds is 4. The molecule has 4 heteroatoms. The molecule has 4 nitrogen and oxygen atoms in total. The van der Waals surface area contributed by atoms with Crippen LogP contribution in [0.4, 0.5) is 0 Å². The minimum atomic E-state index is -0.363. The van der Waals surface area contributed by atoms with E-state index in [4.69, 9.17) is 19.4 Å². The van der Waals surface area contributed by atoms with E-state index in [0.717, 1.165) is 23.6 Å². The van der Waals surface area contributed by atoms with E-state index in [2.05, 4.69) is 41.5 Å². The molecule has 21 heavy (non-hydrogen) atoms. The van der Waals surface area contributed by atoms with Crippen molar-refractivity contribution in [3.05, 3.63) is 22.8 Å². The minimum Gasteiger partial charge on any atom is -0.385 e. The van der Waals surface area contributed by atoms with Crippen LogP contribution in [0.25, 0.3) is 0 Å². The van der Waals surface area contributed by atoms with Crippen LogP contribution in [0.15, 0.2) is 0 Å². The van der Waals surface area contributed by atoms with Crippen molar-refractivity contribution in [1.29, 1.82) is 0 Å². The van der Waals surface area contributed by atoms with Gasteiger partial charge in [0.25, 0.3) is 0 Å². The van der Waals surface area contributed by atoms with Gasteiger partial charge >= 0.3 is 0 Å². The summed E-state index contributed by atoms with van der Waals surface area (Å²) < 4.78 is 11.3. The number of nitrogens with zero attached hydrogens (tertiary/aromatic N) is 2. The van der Waals surface area contributed by atoms with E-state index in [9.17, 15) is 0 Å². The van der Waals surface area contributed by atoms with Gasteiger partial charge in [-0.2, -0.15) is 0 Å². The van der Waals surface area contributed by atoms with Gasteiger partial charge in [-0.05, 0) is 6.92 Å². The van der Waals surface area contributed by atoms with E-state index in [-0.39, 0.29) is 11.0 Å². The number of ether oxygens (including phenoxy) is 2. The zero-order valence-corrected chi connectivity index (χ0v) is 14.4. The van der Waals surface area contributed by atoms with Crippen molar-refractivity contribution in [2.75, 3.05) is 13.7 Å². The van der Waals surface area contributed by atoms with Gasteiger partial charge in [-0.3, -0.25) is 0 Å². The molecule has 1 unspecified atom stereocenters. The molecule has 1 aromatic rings. The van der Waals surface area contributed by atoms with E-state index < -0.39 is 0 Å². The number of aromatic nitrogens is 2. The summed E-state index contributed by atoms with van der Waals surface area (Å²) in [5.74, 6) is 1.22. The first-order valence-electron chi connectivity index (χ1n) is 7.73. The van der Waals surface area contributed by atoms with Crippen LogP contribution in [-0.4, -0.2) is 23.7 Å². The zero-order valence-electron chi connectivity index (χ0n) is 14.4. The lowest BCUT2D eigenvalue weighted by molar-refractivity contribution is -0.0451. The average molecular weight is 292 g/mol. The van der Waals surface area contributed by atoms with Crippen LogP contribution in [0.3, 0.4) is 0 Å². The summed E-state index contributed by atoms with van der Waals surface area (Å²) in [7, 11) is 1.72. The average Bonchev–Trinajstić information content (AvgIpc) is 2.72. The normalized spacial score (nSPS) is 21.9. The topological polar surface area (TPSA) is 44.2 Å². The smallest absolute Gasteiger partial charge is 0.131 e. The molecule has 0 saturated heterocycles. The van der Waals surface area contributed by atoms with E-state index in [0.29, 0.717) is 19.1 Å². The summed E-state index contributed by atoms with van der Waals surface area (Å²) in [6.45, 7) is 14.2. The molecule has 0 spiro atoms. The third-order valence-electron chi connectivity index (χ3n) is 4.07. The number of fused-ring (bicyclic) bond motifs is 1. The van der Waals surface area contributed by atoms with Gasteiger partial charge in [0.15, 0.2) is 0 Å². The first-order chi connectivity index (χ1) is 9.69. The van der Waals surface area contributed by atoms with Crippen LogP contribution in [0.1, 0.15) is 76.7 Å². The molecular formula is C17H28N2O2. The minimum absolute atomic E-state index is 0.00741. The Kier molecular flexibility index (Phi) is 4.41. The van der Waals surface area contributed by atoms with Gasteiger partial charge in [-0.15, -0.1) is 0 Å². The Hall–Kier alpha value is -1.00. The van der Waals surface area contributed by atoms with Crippen molar-refractivity contribution >= 4 is 0 Å². The molecule has 2 rings (SSSR count). The maximum atomic E-state index is 6.10. The Balaban J connectivity index is 2.56. The van der Waals surface area contributed by atoms with E-state index >= 15 is 0 Å². The van der Waals surface area contributed by atoms with Crippen LogP contribution < -0.4 is 0 Å². The van der Waals surface area contributed by atoms with Crippen molar-refractivity contribution in [3.63, 3.8) is 0 Å². The summed E-state index contributed by atoms with van der Waals surface area (Å²) >= 11 is 0. The van der Waals surface area contributed by atoms with Crippen LogP contribution in [0.5, 0.6) is 0 Å². The molecule has 1 aromatic heterocycles. The zero-order chi connectivity index (χ0) is 15.8. The van der Waals surface area contributed by atoms with E-state index in [1.165, 1.54) is 5.56 Å². The van der Waals surface area contributed by atoms with Crippen LogP contribution in [0, 0.1) is 0 Å². The molecule has 0 amide bonds. The number of hydrogen-bond donors (Lipinski definition) is 0. The Morgan fingerprint density at radius 1 is 1.29 bits per heavy atom. The second-order valence-corrected chi connectivity index (χ2v) is 7.42. The van der Waals surface area contributed by atoms with Crippen LogP contribution in [-0.2, 0) is 27.1 Å². The molecule has 0 aliphatic carbocycles. The number of hydrogen-bond acceptors (Lipinski definition) is 4. The van der Waals surface area contributed by atoms with Crippen molar-refractivity contribution in [3.8, 4) is 0 Å². The molecule has 1 atom stereocenters. The highest BCUT2D eigenvalue weighted by atomic mass is 16.5. The van der Waals surface area contributed by atoms with Gasteiger partial charge < -0.3 is 9.47 Å². The predicted molar refractivity (Wildman–Crippen MR) is 83.5 cm³/mol. The first kappa shape index (κ1) is 16.4. The highest BCUT2D eigenvalue weighted by molar-refractivity contribution is 5.37. The molecule has 1 aliphatic heterocycles. The Morgan fingerprint density at radius 2 is 1.95 bits per heavy atom. The summed E-state index contributed by atoms with van der Waals surface area (Å²) in [4.78, 5) is 9.68. The quantitative estimate of drug-likeness (QED) is 0.849. The van der Waals surface area contributed by atoms with Gasteiger partial charge in [0.05, 0.1) is 18.0 Å². The molecule has 1 aliphatic rings. The maximum absolute atomic E-state index is 6.10. The maximum Gasteiger partial charge on any atom is 0.131 e. The number of methoxy groups -OCH3 is 1. The van der Waals surface area contributed by atoms with Gasteiger partial charge in [-0.25, -0.2) is 9.97 Å². The second-order valence-electron chi connectivity index (χ2n) is 7.42. The lowest BCUT2D eigenvalue weighted by atomic mass is 9.85. The molecule has 0 aromatic carbocycles. The van der Waals surface area contributed by atoms with Crippen LogP contribution >= 0.6 is 0 Å². The lowest BCUT2D eigenvalue weighted by Crippen LogP contribution is -2.26. The Bertz CT molecular complexity index is 520. The second kappa shape index (κ2) is 5.65. The van der Waals surface area contributed by atoms with E-state index in [1.807, 2.05) is 0 Å². The molecule has 0 fully saturated rings. The standard InChI is InChI=1S/C17H28N2O2/c1-11(2)15-18-13(16(3,4)5)12-10-21-17(6,8-9-20-7)14(12)19-15/h11H,8-10H2,1-7H3.